The highest BCUT2D eigenvalue weighted by Crippen LogP contribution is 2.31. The van der Waals surface area contributed by atoms with Crippen molar-refractivity contribution < 1.29 is 17.7 Å². The van der Waals surface area contributed by atoms with Gasteiger partial charge in [0.15, 0.2) is 0 Å². The minimum atomic E-state index is -3.95. The summed E-state index contributed by atoms with van der Waals surface area (Å²) in [6.07, 6.45) is 2.49. The Hall–Kier alpha value is -5.22. The molecule has 48 heavy (non-hydrogen) atoms. The van der Waals surface area contributed by atoms with Crippen molar-refractivity contribution in [2.24, 2.45) is 0 Å². The second kappa shape index (κ2) is 13.9. The zero-order valence-electron chi connectivity index (χ0n) is 27.6. The summed E-state index contributed by atoms with van der Waals surface area (Å²) < 4.78 is 36.8. The molecule has 1 amide bonds. The minimum Gasteiger partial charge on any atom is -0.352 e. The molecule has 0 saturated carbocycles. The molecule has 0 bridgehead atoms. The molecular weight excluding hydrogens is 623 g/mol. The Kier molecular flexibility index (Phi) is 9.45. The second-order valence-corrected chi connectivity index (χ2v) is 13.7. The van der Waals surface area contributed by atoms with Crippen molar-refractivity contribution in [3.63, 3.8) is 0 Å². The quantitative estimate of drug-likeness (QED) is 0.141. The van der Waals surface area contributed by atoms with Crippen LogP contribution in [0.15, 0.2) is 100 Å². The van der Waals surface area contributed by atoms with Crippen LogP contribution < -0.4 is 10.0 Å². The number of carbonyl (C=O) groups excluding carboxylic acids is 1. The zero-order chi connectivity index (χ0) is 33.8. The van der Waals surface area contributed by atoms with Crippen molar-refractivity contribution in [3.05, 3.63) is 130 Å². The topological polar surface area (TPSA) is 119 Å². The van der Waals surface area contributed by atoms with Crippen molar-refractivity contribution in [2.45, 2.75) is 58.4 Å². The van der Waals surface area contributed by atoms with Gasteiger partial charge in [0.25, 0.3) is 15.9 Å². The first-order chi connectivity index (χ1) is 23.1. The van der Waals surface area contributed by atoms with Crippen LogP contribution in [0.3, 0.4) is 0 Å². The fourth-order valence-electron chi connectivity index (χ4n) is 5.83. The number of benzene rings is 4. The Bertz CT molecular complexity index is 2190. The van der Waals surface area contributed by atoms with Crippen LogP contribution in [-0.2, 0) is 29.4 Å². The number of fused-ring (bicyclic) bond motifs is 1. The van der Waals surface area contributed by atoms with E-state index in [2.05, 4.69) is 38.8 Å². The minimum absolute atomic E-state index is 0.108. The molecular formula is C38H39N5O4S. The second-order valence-electron chi connectivity index (χ2n) is 12.0. The first-order valence-corrected chi connectivity index (χ1v) is 17.6. The predicted octanol–water partition coefficient (Wildman–Crippen LogP) is 7.39. The highest BCUT2D eigenvalue weighted by Gasteiger charge is 2.23. The maximum Gasteiger partial charge on any atom is 0.264 e. The normalized spacial score (nSPS) is 11.6. The number of anilines is 1. The number of carbonyl (C=O) groups is 1. The van der Waals surface area contributed by atoms with E-state index in [4.69, 9.17) is 9.51 Å². The van der Waals surface area contributed by atoms with E-state index in [0.717, 1.165) is 52.8 Å². The Morgan fingerprint density at radius 1 is 0.875 bits per heavy atom. The summed E-state index contributed by atoms with van der Waals surface area (Å²) in [6.45, 7) is 8.74. The standard InChI is InChI=1S/C38H39N5O4S/c1-5-11-35-40-36-25(2)22-31(37(44)39-21-20-28-12-7-6-8-13-28)23-33(36)43(35)24-29-16-18-30(19-17-29)32-14-9-10-15-34(32)48(45,46)42-38-26(3)27(4)41-47-38/h6-10,12-19,22-23,42H,5,11,20-21,24H2,1-4H3,(H,39,44). The Morgan fingerprint density at radius 2 is 1.60 bits per heavy atom. The van der Waals surface area contributed by atoms with E-state index in [9.17, 15) is 13.2 Å². The molecule has 6 aromatic rings. The summed E-state index contributed by atoms with van der Waals surface area (Å²) in [5, 5.41) is 6.93. The number of sulfonamides is 1. The molecule has 0 fully saturated rings. The molecule has 0 unspecified atom stereocenters. The van der Waals surface area contributed by atoms with E-state index < -0.39 is 10.0 Å². The number of hydrogen-bond acceptors (Lipinski definition) is 6. The third-order valence-electron chi connectivity index (χ3n) is 8.57. The molecule has 9 nitrogen and oxygen atoms in total. The maximum absolute atomic E-state index is 13.4. The van der Waals surface area contributed by atoms with Gasteiger partial charge in [0.2, 0.25) is 5.88 Å². The molecule has 6 rings (SSSR count). The summed E-state index contributed by atoms with van der Waals surface area (Å²) in [5.41, 5.74) is 8.16. The van der Waals surface area contributed by atoms with Gasteiger partial charge in [-0.15, -0.1) is 0 Å². The molecule has 2 N–H and O–H groups in total. The van der Waals surface area contributed by atoms with Crippen LogP contribution in [0.4, 0.5) is 5.88 Å². The molecule has 10 heteroatoms. The van der Waals surface area contributed by atoms with Gasteiger partial charge >= 0.3 is 0 Å². The number of hydrogen-bond donors (Lipinski definition) is 2. The lowest BCUT2D eigenvalue weighted by Crippen LogP contribution is -2.25. The summed E-state index contributed by atoms with van der Waals surface area (Å²) in [6, 6.07) is 28.7. The van der Waals surface area contributed by atoms with Crippen molar-refractivity contribution >= 4 is 32.8 Å². The van der Waals surface area contributed by atoms with Crippen LogP contribution in [0.2, 0.25) is 0 Å². The molecule has 2 aromatic heterocycles. The lowest BCUT2D eigenvalue weighted by atomic mass is 10.0. The van der Waals surface area contributed by atoms with Gasteiger partial charge in [-0.1, -0.05) is 84.9 Å². The summed E-state index contributed by atoms with van der Waals surface area (Å²) >= 11 is 0. The van der Waals surface area contributed by atoms with Crippen LogP contribution in [0.5, 0.6) is 0 Å². The zero-order valence-corrected chi connectivity index (χ0v) is 28.4. The Balaban J connectivity index is 1.26. The van der Waals surface area contributed by atoms with E-state index in [-0.39, 0.29) is 16.7 Å². The molecule has 0 spiro atoms. The SMILES string of the molecule is CCCc1nc2c(C)cc(C(=O)NCCc3ccccc3)cc2n1Cc1ccc(-c2ccccc2S(=O)(=O)Nc2onc(C)c2C)cc1. The van der Waals surface area contributed by atoms with Gasteiger partial charge in [-0.25, -0.2) is 18.1 Å². The summed E-state index contributed by atoms with van der Waals surface area (Å²) in [4.78, 5) is 18.4. The van der Waals surface area contributed by atoms with Crippen molar-refractivity contribution in [3.8, 4) is 11.1 Å². The number of nitrogens with zero attached hydrogens (tertiary/aromatic N) is 3. The molecule has 0 atom stereocenters. The van der Waals surface area contributed by atoms with E-state index in [1.165, 1.54) is 5.56 Å². The monoisotopic (exact) mass is 661 g/mol. The predicted molar refractivity (Wildman–Crippen MR) is 189 cm³/mol. The lowest BCUT2D eigenvalue weighted by molar-refractivity contribution is 0.0954. The average Bonchev–Trinajstić information content (AvgIpc) is 3.59. The van der Waals surface area contributed by atoms with E-state index in [1.54, 1.807) is 32.0 Å². The van der Waals surface area contributed by atoms with Crippen LogP contribution >= 0.6 is 0 Å². The van der Waals surface area contributed by atoms with Crippen LogP contribution in [0.25, 0.3) is 22.2 Å². The van der Waals surface area contributed by atoms with E-state index in [0.29, 0.717) is 35.5 Å². The van der Waals surface area contributed by atoms with Crippen molar-refractivity contribution in [1.82, 2.24) is 20.0 Å². The van der Waals surface area contributed by atoms with Gasteiger partial charge < -0.3 is 14.4 Å². The molecule has 0 aliphatic heterocycles. The number of rotatable bonds is 12. The lowest BCUT2D eigenvalue weighted by Gasteiger charge is -2.13. The van der Waals surface area contributed by atoms with Gasteiger partial charge in [-0.2, -0.15) is 0 Å². The molecule has 0 radical (unpaired) electrons. The molecule has 2 heterocycles. The third kappa shape index (κ3) is 6.89. The highest BCUT2D eigenvalue weighted by molar-refractivity contribution is 7.92. The Labute approximate surface area is 281 Å². The molecule has 246 valence electrons. The molecule has 0 aliphatic carbocycles. The van der Waals surface area contributed by atoms with E-state index in [1.807, 2.05) is 67.6 Å². The van der Waals surface area contributed by atoms with Crippen molar-refractivity contribution in [2.75, 3.05) is 11.3 Å². The average molecular weight is 662 g/mol. The van der Waals surface area contributed by atoms with Gasteiger partial charge in [-0.3, -0.25) is 4.79 Å². The summed E-state index contributed by atoms with van der Waals surface area (Å²) in [5.74, 6) is 0.958. The highest BCUT2D eigenvalue weighted by atomic mass is 32.2. The largest absolute Gasteiger partial charge is 0.352 e. The van der Waals surface area contributed by atoms with Gasteiger partial charge in [0.05, 0.1) is 21.6 Å². The summed E-state index contributed by atoms with van der Waals surface area (Å²) in [7, 11) is -3.95. The first kappa shape index (κ1) is 32.7. The van der Waals surface area contributed by atoms with Crippen LogP contribution in [-0.4, -0.2) is 35.6 Å². The van der Waals surface area contributed by atoms with Crippen molar-refractivity contribution in [1.29, 1.82) is 0 Å². The van der Waals surface area contributed by atoms with Crippen LogP contribution in [0, 0.1) is 20.8 Å². The Morgan fingerprint density at radius 3 is 2.31 bits per heavy atom. The number of aromatic nitrogens is 3. The fraction of sp³-hybridized carbons (Fsp3) is 0.237. The van der Waals surface area contributed by atoms with Gasteiger partial charge in [0, 0.05) is 36.2 Å². The van der Waals surface area contributed by atoms with Crippen LogP contribution in [0.1, 0.15) is 57.5 Å². The molecule has 4 aromatic carbocycles. The smallest absolute Gasteiger partial charge is 0.264 e. The number of amides is 1. The third-order valence-corrected chi connectivity index (χ3v) is 9.96. The maximum atomic E-state index is 13.4. The fourth-order valence-corrected chi connectivity index (χ4v) is 7.11. The number of imidazole rings is 1. The first-order valence-electron chi connectivity index (χ1n) is 16.1. The molecule has 0 aliphatic rings. The van der Waals surface area contributed by atoms with E-state index >= 15 is 0 Å². The molecule has 0 saturated heterocycles. The van der Waals surface area contributed by atoms with Gasteiger partial charge in [0.1, 0.15) is 5.82 Å². The number of aryl methyl sites for hydroxylation is 3. The number of nitrogens with one attached hydrogen (secondary N) is 2. The van der Waals surface area contributed by atoms with Gasteiger partial charge in [-0.05, 0) is 74.1 Å².